The monoisotopic (exact) mass is 552 g/mol. The molecule has 2 aromatic heterocycles. The standard InChI is InChI=1S/C27H20ClF3N6O2/c28-19-3-2-16(29)9-17(19)23-22-18(24(38)35-23)7-15(14-1-4-21-32-13-33-37(21)10-14)8-20(22)34-25(39)36-6-5-26(12-36)11-27(26,30)31/h1-4,7-10,13,23H,5-6,11-12H2,(H,34,39)(H,35,38). The van der Waals surface area contributed by atoms with Crippen molar-refractivity contribution in [2.45, 2.75) is 24.8 Å². The van der Waals surface area contributed by atoms with Gasteiger partial charge in [0.05, 0.1) is 11.5 Å². The number of urea groups is 1. The van der Waals surface area contributed by atoms with Crippen molar-refractivity contribution >= 4 is 34.9 Å². The zero-order valence-electron chi connectivity index (χ0n) is 20.2. The molecular weight excluding hydrogens is 533 g/mol. The van der Waals surface area contributed by atoms with Gasteiger partial charge >= 0.3 is 6.03 Å². The van der Waals surface area contributed by atoms with Crippen molar-refractivity contribution in [3.05, 3.63) is 82.5 Å². The van der Waals surface area contributed by atoms with Gasteiger partial charge in [0, 0.05) is 58.7 Å². The second kappa shape index (κ2) is 8.19. The second-order valence-electron chi connectivity index (χ2n) is 10.3. The molecule has 1 aliphatic carbocycles. The van der Waals surface area contributed by atoms with Crippen LogP contribution in [-0.2, 0) is 0 Å². The molecule has 3 aliphatic rings. The number of hydrogen-bond acceptors (Lipinski definition) is 4. The predicted molar refractivity (Wildman–Crippen MR) is 136 cm³/mol. The summed E-state index contributed by atoms with van der Waals surface area (Å²) in [6.45, 7) is 0.148. The van der Waals surface area contributed by atoms with Crippen LogP contribution in [-0.4, -0.2) is 50.4 Å². The van der Waals surface area contributed by atoms with E-state index in [0.29, 0.717) is 33.6 Å². The van der Waals surface area contributed by atoms with Gasteiger partial charge in [-0.3, -0.25) is 4.79 Å². The highest BCUT2D eigenvalue weighted by Crippen LogP contribution is 2.65. The lowest BCUT2D eigenvalue weighted by molar-refractivity contribution is 0.0678. The van der Waals surface area contributed by atoms with Gasteiger partial charge in [0.1, 0.15) is 12.1 Å². The third-order valence-corrected chi connectivity index (χ3v) is 8.30. The Morgan fingerprint density at radius 2 is 1.97 bits per heavy atom. The van der Waals surface area contributed by atoms with E-state index in [2.05, 4.69) is 20.7 Å². The number of likely N-dealkylation sites (tertiary alicyclic amines) is 1. The van der Waals surface area contributed by atoms with Gasteiger partial charge in [-0.1, -0.05) is 11.6 Å². The topological polar surface area (TPSA) is 91.6 Å². The van der Waals surface area contributed by atoms with Gasteiger partial charge in [-0.25, -0.2) is 27.5 Å². The average molecular weight is 553 g/mol. The largest absolute Gasteiger partial charge is 0.341 e. The van der Waals surface area contributed by atoms with E-state index < -0.39 is 35.1 Å². The first-order chi connectivity index (χ1) is 18.6. The van der Waals surface area contributed by atoms with E-state index in [1.165, 1.54) is 29.4 Å². The van der Waals surface area contributed by atoms with Crippen LogP contribution < -0.4 is 10.6 Å². The summed E-state index contributed by atoms with van der Waals surface area (Å²) < 4.78 is 43.7. The van der Waals surface area contributed by atoms with Crippen LogP contribution in [0.2, 0.25) is 5.02 Å². The minimum atomic E-state index is -2.77. The number of anilines is 1. The van der Waals surface area contributed by atoms with E-state index in [4.69, 9.17) is 11.6 Å². The number of nitrogens with one attached hydrogen (secondary N) is 2. The Morgan fingerprint density at radius 3 is 2.74 bits per heavy atom. The summed E-state index contributed by atoms with van der Waals surface area (Å²) in [7, 11) is 0. The fourth-order valence-corrected chi connectivity index (χ4v) is 5.95. The van der Waals surface area contributed by atoms with E-state index in [1.807, 2.05) is 6.07 Å². The molecule has 2 aromatic carbocycles. The van der Waals surface area contributed by atoms with Gasteiger partial charge in [0.15, 0.2) is 5.65 Å². The quantitative estimate of drug-likeness (QED) is 0.361. The van der Waals surface area contributed by atoms with Crippen molar-refractivity contribution in [3.63, 3.8) is 0 Å². The van der Waals surface area contributed by atoms with Crippen LogP contribution >= 0.6 is 11.6 Å². The molecule has 2 N–H and O–H groups in total. The normalized spacial score (nSPS) is 22.8. The second-order valence-corrected chi connectivity index (χ2v) is 10.7. The van der Waals surface area contributed by atoms with Gasteiger partial charge in [0.2, 0.25) is 0 Å². The summed E-state index contributed by atoms with van der Waals surface area (Å²) in [5.74, 6) is -3.72. The molecule has 2 fully saturated rings. The van der Waals surface area contributed by atoms with E-state index in [-0.39, 0.29) is 36.5 Å². The van der Waals surface area contributed by atoms with Gasteiger partial charge in [-0.2, -0.15) is 5.10 Å². The zero-order chi connectivity index (χ0) is 27.1. The molecule has 1 saturated carbocycles. The lowest BCUT2D eigenvalue weighted by atomic mass is 9.93. The maximum Gasteiger partial charge on any atom is 0.321 e. The molecule has 4 aromatic rings. The highest BCUT2D eigenvalue weighted by atomic mass is 35.5. The molecule has 0 radical (unpaired) electrons. The number of benzene rings is 2. The smallest absolute Gasteiger partial charge is 0.321 e. The Balaban J connectivity index is 1.32. The van der Waals surface area contributed by atoms with E-state index in [1.54, 1.807) is 28.9 Å². The lowest BCUT2D eigenvalue weighted by Crippen LogP contribution is -2.34. The molecule has 7 rings (SSSR count). The minimum Gasteiger partial charge on any atom is -0.341 e. The third-order valence-electron chi connectivity index (χ3n) is 7.96. The van der Waals surface area contributed by atoms with Crippen LogP contribution in [0.5, 0.6) is 0 Å². The Bertz CT molecular complexity index is 1710. The molecule has 2 unspecified atom stereocenters. The molecule has 2 aliphatic heterocycles. The summed E-state index contributed by atoms with van der Waals surface area (Å²) in [6.07, 6.45) is 3.16. The Hall–Kier alpha value is -4.12. The molecule has 8 nitrogen and oxygen atoms in total. The lowest BCUT2D eigenvalue weighted by Gasteiger charge is -2.22. The molecule has 1 saturated heterocycles. The van der Waals surface area contributed by atoms with Crippen LogP contribution in [0.4, 0.5) is 23.7 Å². The SMILES string of the molecule is O=C1NC(c2cc(F)ccc2Cl)c2c(NC(=O)N3CCC4(C3)CC4(F)F)cc(-c3ccc4ncnn4c3)cc21. The summed E-state index contributed by atoms with van der Waals surface area (Å²) in [5, 5.41) is 10.1. The zero-order valence-corrected chi connectivity index (χ0v) is 21.0. The van der Waals surface area contributed by atoms with E-state index in [0.717, 1.165) is 0 Å². The highest BCUT2D eigenvalue weighted by molar-refractivity contribution is 6.31. The number of nitrogens with zero attached hydrogens (tertiary/aromatic N) is 4. The predicted octanol–water partition coefficient (Wildman–Crippen LogP) is 5.28. The molecule has 198 valence electrons. The van der Waals surface area contributed by atoms with Gasteiger partial charge < -0.3 is 15.5 Å². The Morgan fingerprint density at radius 1 is 1.15 bits per heavy atom. The summed E-state index contributed by atoms with van der Waals surface area (Å²) in [5.41, 5.74) is 2.09. The molecule has 12 heteroatoms. The summed E-state index contributed by atoms with van der Waals surface area (Å²) in [6, 6.07) is 9.42. The van der Waals surface area contributed by atoms with Gasteiger partial charge in [-0.05, 0) is 54.4 Å². The molecular formula is C27H20ClF3N6O2. The fourth-order valence-electron chi connectivity index (χ4n) is 5.72. The number of aromatic nitrogens is 3. The molecule has 1 spiro atoms. The number of amides is 3. The maximum atomic E-state index is 14.2. The number of alkyl halides is 2. The van der Waals surface area contributed by atoms with Crippen molar-refractivity contribution in [1.29, 1.82) is 0 Å². The first kappa shape index (κ1) is 24.0. The highest BCUT2D eigenvalue weighted by Gasteiger charge is 2.73. The average Bonchev–Trinajstić information content (AvgIpc) is 3.39. The number of hydrogen-bond donors (Lipinski definition) is 2. The first-order valence-electron chi connectivity index (χ1n) is 12.3. The van der Waals surface area contributed by atoms with E-state index in [9.17, 15) is 22.8 Å². The number of carbonyl (C=O) groups excluding carboxylic acids is 2. The van der Waals surface area contributed by atoms with Crippen molar-refractivity contribution in [1.82, 2.24) is 24.8 Å². The van der Waals surface area contributed by atoms with Gasteiger partial charge in [-0.15, -0.1) is 0 Å². The molecule has 3 amide bonds. The fraction of sp³-hybridized carbons (Fsp3) is 0.259. The number of halogens is 4. The van der Waals surface area contributed by atoms with Crippen molar-refractivity contribution in [3.8, 4) is 11.1 Å². The van der Waals surface area contributed by atoms with Crippen LogP contribution in [0.25, 0.3) is 16.8 Å². The number of carbonyl (C=O) groups is 2. The minimum absolute atomic E-state index is 0.0486. The van der Waals surface area contributed by atoms with E-state index >= 15 is 0 Å². The number of fused-ring (bicyclic) bond motifs is 2. The van der Waals surface area contributed by atoms with Crippen LogP contribution in [0.15, 0.2) is 55.0 Å². The Kier molecular flexibility index (Phi) is 5.03. The summed E-state index contributed by atoms with van der Waals surface area (Å²) >= 11 is 6.39. The van der Waals surface area contributed by atoms with Crippen LogP contribution in [0.1, 0.15) is 40.4 Å². The molecule has 2 atom stereocenters. The Labute approximate surface area is 224 Å². The van der Waals surface area contributed by atoms with Crippen molar-refractivity contribution in [2.75, 3.05) is 18.4 Å². The molecule has 39 heavy (non-hydrogen) atoms. The number of rotatable bonds is 3. The number of pyridine rings is 1. The van der Waals surface area contributed by atoms with Crippen LogP contribution in [0.3, 0.4) is 0 Å². The maximum absolute atomic E-state index is 14.2. The molecule has 0 bridgehead atoms. The van der Waals surface area contributed by atoms with Crippen molar-refractivity contribution < 1.29 is 22.8 Å². The summed E-state index contributed by atoms with van der Waals surface area (Å²) in [4.78, 5) is 32.0. The van der Waals surface area contributed by atoms with Crippen molar-refractivity contribution in [2.24, 2.45) is 5.41 Å². The molecule has 4 heterocycles. The van der Waals surface area contributed by atoms with Crippen LogP contribution in [0, 0.1) is 11.2 Å². The first-order valence-corrected chi connectivity index (χ1v) is 12.7. The third kappa shape index (κ3) is 3.75. The van der Waals surface area contributed by atoms with Gasteiger partial charge in [0.25, 0.3) is 11.8 Å².